The number of likely N-dealkylation sites (N-methyl/N-ethyl adjacent to an activating group) is 1. The van der Waals surface area contributed by atoms with Crippen LogP contribution in [-0.4, -0.2) is 41.4 Å². The number of hydrogen-bond acceptors (Lipinski definition) is 5. The molecule has 8 heteroatoms. The lowest BCUT2D eigenvalue weighted by atomic mass is 10.2. The summed E-state index contributed by atoms with van der Waals surface area (Å²) in [6.07, 6.45) is -4.37. The predicted octanol–water partition coefficient (Wildman–Crippen LogP) is 2.51. The molecule has 24 heavy (non-hydrogen) atoms. The number of halogens is 3. The Morgan fingerprint density at radius 3 is 2.58 bits per heavy atom. The molecule has 0 fully saturated rings. The van der Waals surface area contributed by atoms with E-state index >= 15 is 0 Å². The lowest BCUT2D eigenvalue weighted by Crippen LogP contribution is -2.33. The van der Waals surface area contributed by atoms with Gasteiger partial charge in [0.25, 0.3) is 0 Å². The maximum absolute atomic E-state index is 12.6. The molecule has 0 bridgehead atoms. The summed E-state index contributed by atoms with van der Waals surface area (Å²) in [6.45, 7) is 0.454. The molecule has 0 saturated carbocycles. The summed E-state index contributed by atoms with van der Waals surface area (Å²) in [4.78, 5) is 8.61. The van der Waals surface area contributed by atoms with Crippen LogP contribution in [0.4, 0.5) is 19.1 Å². The zero-order valence-corrected chi connectivity index (χ0v) is 13.1. The first-order valence-corrected chi connectivity index (χ1v) is 7.27. The third kappa shape index (κ3) is 5.47. The molecular weight excluding hydrogens is 323 g/mol. The quantitative estimate of drug-likeness (QED) is 0.839. The summed E-state index contributed by atoms with van der Waals surface area (Å²) in [5, 5.41) is 9.94. The first kappa shape index (κ1) is 18.2. The van der Waals surface area contributed by atoms with Crippen molar-refractivity contribution in [3.8, 4) is 0 Å². The smallest absolute Gasteiger partial charge is 0.389 e. The maximum Gasteiger partial charge on any atom is 0.433 e. The van der Waals surface area contributed by atoms with Crippen molar-refractivity contribution in [1.82, 2.24) is 9.97 Å². The van der Waals surface area contributed by atoms with E-state index in [9.17, 15) is 18.3 Å². The summed E-state index contributed by atoms with van der Waals surface area (Å²) in [7, 11) is 1.51. The van der Waals surface area contributed by atoms with Crippen molar-refractivity contribution < 1.29 is 23.0 Å². The van der Waals surface area contributed by atoms with Gasteiger partial charge in [-0.15, -0.1) is 0 Å². The van der Waals surface area contributed by atoms with Crippen LogP contribution in [0.25, 0.3) is 0 Å². The number of benzene rings is 1. The fraction of sp³-hybridized carbons (Fsp3) is 0.375. The van der Waals surface area contributed by atoms with E-state index in [2.05, 4.69) is 9.97 Å². The maximum atomic E-state index is 12.6. The van der Waals surface area contributed by atoms with Crippen molar-refractivity contribution in [2.45, 2.75) is 18.9 Å². The van der Waals surface area contributed by atoms with Crippen LogP contribution >= 0.6 is 0 Å². The van der Waals surface area contributed by atoms with E-state index in [1.807, 2.05) is 30.3 Å². The van der Waals surface area contributed by atoms with E-state index in [4.69, 9.17) is 4.74 Å². The molecule has 1 heterocycles. The van der Waals surface area contributed by atoms with Gasteiger partial charge in [-0.05, 0) is 11.6 Å². The molecule has 0 aliphatic rings. The Morgan fingerprint density at radius 2 is 1.92 bits per heavy atom. The molecule has 1 aromatic carbocycles. The number of alkyl halides is 3. The van der Waals surface area contributed by atoms with Gasteiger partial charge in [0.05, 0.1) is 19.3 Å². The number of anilines is 1. The average molecular weight is 341 g/mol. The normalized spacial score (nSPS) is 12.9. The summed E-state index contributed by atoms with van der Waals surface area (Å²) >= 11 is 0. The van der Waals surface area contributed by atoms with E-state index in [0.29, 0.717) is 6.61 Å². The minimum atomic E-state index is -4.53. The van der Waals surface area contributed by atoms with Gasteiger partial charge in [-0.2, -0.15) is 13.2 Å². The van der Waals surface area contributed by atoms with Crippen molar-refractivity contribution >= 4 is 5.95 Å². The summed E-state index contributed by atoms with van der Waals surface area (Å²) in [5.74, 6) is -0.105. The van der Waals surface area contributed by atoms with Gasteiger partial charge >= 0.3 is 6.18 Å². The highest BCUT2D eigenvalue weighted by molar-refractivity contribution is 5.29. The third-order valence-electron chi connectivity index (χ3n) is 3.18. The molecular formula is C16H18F3N3O2. The van der Waals surface area contributed by atoms with E-state index in [1.165, 1.54) is 11.9 Å². The lowest BCUT2D eigenvalue weighted by molar-refractivity contribution is -0.141. The Hall–Kier alpha value is -2.19. The molecule has 2 rings (SSSR count). The van der Waals surface area contributed by atoms with Gasteiger partial charge in [-0.25, -0.2) is 9.97 Å². The van der Waals surface area contributed by atoms with Crippen molar-refractivity contribution in [3.63, 3.8) is 0 Å². The van der Waals surface area contributed by atoms with Gasteiger partial charge in [-0.1, -0.05) is 30.3 Å². The van der Waals surface area contributed by atoms with Gasteiger partial charge in [0, 0.05) is 19.8 Å². The molecule has 1 atom stereocenters. The Kier molecular flexibility index (Phi) is 6.10. The van der Waals surface area contributed by atoms with Gasteiger partial charge < -0.3 is 14.7 Å². The molecule has 0 radical (unpaired) electrons. The third-order valence-corrected chi connectivity index (χ3v) is 3.18. The lowest BCUT2D eigenvalue weighted by Gasteiger charge is -2.21. The Balaban J connectivity index is 1.84. The standard InChI is InChI=1S/C16H18F3N3O2/c1-22(15-20-8-7-14(21-15)16(17,18)19)9-13(23)11-24-10-12-5-3-2-4-6-12/h2-8,13,23H,9-11H2,1H3/t13-/m0/s1. The summed E-state index contributed by atoms with van der Waals surface area (Å²) < 4.78 is 43.3. The molecule has 0 amide bonds. The fourth-order valence-electron chi connectivity index (χ4n) is 2.03. The average Bonchev–Trinajstić information content (AvgIpc) is 2.55. The first-order valence-electron chi connectivity index (χ1n) is 7.27. The van der Waals surface area contributed by atoms with Crippen LogP contribution in [-0.2, 0) is 17.5 Å². The van der Waals surface area contributed by atoms with Gasteiger partial charge in [0.15, 0.2) is 0 Å². The van der Waals surface area contributed by atoms with E-state index in [1.54, 1.807) is 0 Å². The molecule has 1 aromatic heterocycles. The number of nitrogens with zero attached hydrogens (tertiary/aromatic N) is 3. The molecule has 2 aromatic rings. The zero-order valence-electron chi connectivity index (χ0n) is 13.1. The van der Waals surface area contributed by atoms with Crippen molar-refractivity contribution in [2.24, 2.45) is 0 Å². The molecule has 0 aliphatic carbocycles. The predicted molar refractivity (Wildman–Crippen MR) is 82.4 cm³/mol. The van der Waals surface area contributed by atoms with E-state index in [0.717, 1.165) is 17.8 Å². The van der Waals surface area contributed by atoms with Crippen molar-refractivity contribution in [2.75, 3.05) is 25.1 Å². The van der Waals surface area contributed by atoms with Gasteiger partial charge in [0.2, 0.25) is 5.95 Å². The number of ether oxygens (including phenoxy) is 1. The van der Waals surface area contributed by atoms with E-state index < -0.39 is 18.0 Å². The minimum Gasteiger partial charge on any atom is -0.389 e. The molecule has 0 aliphatic heterocycles. The van der Waals surface area contributed by atoms with E-state index in [-0.39, 0.29) is 19.1 Å². The first-order chi connectivity index (χ1) is 11.4. The topological polar surface area (TPSA) is 58.5 Å². The van der Waals surface area contributed by atoms with Gasteiger partial charge in [-0.3, -0.25) is 0 Å². The van der Waals surface area contributed by atoms with Crippen LogP contribution in [0.5, 0.6) is 0 Å². The fourth-order valence-corrected chi connectivity index (χ4v) is 2.03. The van der Waals surface area contributed by atoms with Crippen LogP contribution < -0.4 is 4.90 Å². The Morgan fingerprint density at radius 1 is 1.21 bits per heavy atom. The molecule has 130 valence electrons. The monoisotopic (exact) mass is 341 g/mol. The highest BCUT2D eigenvalue weighted by atomic mass is 19.4. The van der Waals surface area contributed by atoms with Crippen LogP contribution in [0, 0.1) is 0 Å². The van der Waals surface area contributed by atoms with Crippen LogP contribution in [0.2, 0.25) is 0 Å². The second-order valence-electron chi connectivity index (χ2n) is 5.27. The van der Waals surface area contributed by atoms with Crippen LogP contribution in [0.3, 0.4) is 0 Å². The molecule has 0 saturated heterocycles. The molecule has 0 spiro atoms. The molecule has 5 nitrogen and oxygen atoms in total. The SMILES string of the molecule is CN(C[C@H](O)COCc1ccccc1)c1nccc(C(F)(F)F)n1. The number of aromatic nitrogens is 2. The summed E-state index contributed by atoms with van der Waals surface area (Å²) in [5.41, 5.74) is -0.0477. The Bertz CT molecular complexity index is 638. The number of aliphatic hydroxyl groups is 1. The van der Waals surface area contributed by atoms with Crippen molar-refractivity contribution in [1.29, 1.82) is 0 Å². The Labute approximate surface area is 137 Å². The van der Waals surface area contributed by atoms with Crippen LogP contribution in [0.1, 0.15) is 11.3 Å². The largest absolute Gasteiger partial charge is 0.433 e. The highest BCUT2D eigenvalue weighted by Gasteiger charge is 2.33. The van der Waals surface area contributed by atoms with Crippen molar-refractivity contribution in [3.05, 3.63) is 53.9 Å². The molecule has 1 N–H and O–H groups in total. The number of aliphatic hydroxyl groups excluding tert-OH is 1. The second-order valence-corrected chi connectivity index (χ2v) is 5.27. The van der Waals surface area contributed by atoms with Crippen LogP contribution in [0.15, 0.2) is 42.6 Å². The van der Waals surface area contributed by atoms with Gasteiger partial charge in [0.1, 0.15) is 5.69 Å². The summed E-state index contributed by atoms with van der Waals surface area (Å²) in [6, 6.07) is 10.3. The number of rotatable bonds is 7. The number of hydrogen-bond donors (Lipinski definition) is 1. The molecule has 0 unspecified atom stereocenters. The minimum absolute atomic E-state index is 0.0517. The highest BCUT2D eigenvalue weighted by Crippen LogP contribution is 2.27. The second kappa shape index (κ2) is 8.07. The zero-order chi connectivity index (χ0) is 17.6.